The highest BCUT2D eigenvalue weighted by Crippen LogP contribution is 2.34. The van der Waals surface area contributed by atoms with Crippen LogP contribution in [0.1, 0.15) is 18.2 Å². The number of methoxy groups -OCH3 is 3. The summed E-state index contributed by atoms with van der Waals surface area (Å²) in [5, 5.41) is 5.35. The van der Waals surface area contributed by atoms with Gasteiger partial charge in [0.1, 0.15) is 11.5 Å². The van der Waals surface area contributed by atoms with Gasteiger partial charge in [0.15, 0.2) is 11.5 Å². The third-order valence-corrected chi connectivity index (χ3v) is 4.34. The second kappa shape index (κ2) is 9.14. The molecule has 0 saturated carbocycles. The largest absolute Gasteiger partial charge is 0.496 e. The van der Waals surface area contributed by atoms with Crippen LogP contribution in [-0.4, -0.2) is 39.1 Å². The molecule has 0 radical (unpaired) electrons. The molecule has 152 valence electrons. The van der Waals surface area contributed by atoms with E-state index in [1.165, 1.54) is 0 Å². The normalized spacial score (nSPS) is 10.9. The average Bonchev–Trinajstić information content (AvgIpc) is 2.73. The fourth-order valence-corrected chi connectivity index (χ4v) is 3.01. The molecular weight excluding hydrogens is 370 g/mol. The van der Waals surface area contributed by atoms with Crippen LogP contribution < -0.4 is 24.4 Å². The fraction of sp³-hybridized carbons (Fsp3) is 0.273. The third-order valence-electron chi connectivity index (χ3n) is 4.34. The van der Waals surface area contributed by atoms with E-state index >= 15 is 0 Å². The third kappa shape index (κ3) is 4.51. The lowest BCUT2D eigenvalue weighted by molar-refractivity contribution is 0.340. The van der Waals surface area contributed by atoms with Gasteiger partial charge in [-0.25, -0.2) is 0 Å². The quantitative estimate of drug-likeness (QED) is 0.450. The first-order chi connectivity index (χ1) is 14.1. The molecule has 29 heavy (non-hydrogen) atoms. The van der Waals surface area contributed by atoms with Crippen LogP contribution in [-0.2, 0) is 0 Å². The first-order valence-electron chi connectivity index (χ1n) is 9.22. The van der Waals surface area contributed by atoms with E-state index in [2.05, 4.69) is 15.5 Å². The van der Waals surface area contributed by atoms with E-state index in [-0.39, 0.29) is 0 Å². The summed E-state index contributed by atoms with van der Waals surface area (Å²) >= 11 is 0. The highest BCUT2D eigenvalue weighted by atomic mass is 16.5. The van der Waals surface area contributed by atoms with Crippen molar-refractivity contribution in [1.82, 2.24) is 4.98 Å². The maximum absolute atomic E-state index is 5.57. The number of anilines is 1. The van der Waals surface area contributed by atoms with Crippen molar-refractivity contribution in [2.24, 2.45) is 5.10 Å². The predicted octanol–water partition coefficient (Wildman–Crippen LogP) is 4.41. The van der Waals surface area contributed by atoms with Gasteiger partial charge in [-0.1, -0.05) is 0 Å². The van der Waals surface area contributed by atoms with Crippen LogP contribution >= 0.6 is 0 Å². The SMILES string of the molecule is CCOc1ccc2c(N/N=C/c3cc(OC)c(OC)cc3OC)cc(C)nc2c1. The lowest BCUT2D eigenvalue weighted by Gasteiger charge is -2.12. The van der Waals surface area contributed by atoms with Crippen LogP contribution in [0, 0.1) is 6.92 Å². The summed E-state index contributed by atoms with van der Waals surface area (Å²) in [7, 11) is 4.77. The van der Waals surface area contributed by atoms with Gasteiger partial charge in [0.2, 0.25) is 0 Å². The van der Waals surface area contributed by atoms with Gasteiger partial charge >= 0.3 is 0 Å². The van der Waals surface area contributed by atoms with Crippen molar-refractivity contribution in [3.63, 3.8) is 0 Å². The molecule has 0 spiro atoms. The van der Waals surface area contributed by atoms with E-state index in [0.29, 0.717) is 23.9 Å². The first-order valence-corrected chi connectivity index (χ1v) is 9.22. The molecule has 3 rings (SSSR count). The van der Waals surface area contributed by atoms with E-state index < -0.39 is 0 Å². The Labute approximate surface area is 170 Å². The molecule has 0 bridgehead atoms. The summed E-state index contributed by atoms with van der Waals surface area (Å²) in [5.41, 5.74) is 6.44. The molecule has 0 amide bonds. The zero-order valence-corrected chi connectivity index (χ0v) is 17.3. The summed E-state index contributed by atoms with van der Waals surface area (Å²) in [5.74, 6) is 2.62. The number of aryl methyl sites for hydroxylation is 1. The van der Waals surface area contributed by atoms with Gasteiger partial charge in [-0.3, -0.25) is 10.4 Å². The zero-order valence-electron chi connectivity index (χ0n) is 17.3. The predicted molar refractivity (Wildman–Crippen MR) is 115 cm³/mol. The van der Waals surface area contributed by atoms with Crippen molar-refractivity contribution in [3.8, 4) is 23.0 Å². The Kier molecular flexibility index (Phi) is 6.39. The Morgan fingerprint density at radius 2 is 1.69 bits per heavy atom. The molecule has 0 saturated heterocycles. The number of hydrogen-bond donors (Lipinski definition) is 1. The first kappa shape index (κ1) is 20.3. The topological polar surface area (TPSA) is 74.2 Å². The average molecular weight is 395 g/mol. The molecule has 1 heterocycles. The Morgan fingerprint density at radius 1 is 0.966 bits per heavy atom. The molecule has 0 atom stereocenters. The number of hydrazone groups is 1. The molecule has 0 unspecified atom stereocenters. The van der Waals surface area contributed by atoms with Crippen LogP contribution in [0.4, 0.5) is 5.69 Å². The van der Waals surface area contributed by atoms with Crippen LogP contribution in [0.15, 0.2) is 41.5 Å². The monoisotopic (exact) mass is 395 g/mol. The maximum Gasteiger partial charge on any atom is 0.164 e. The van der Waals surface area contributed by atoms with Crippen molar-refractivity contribution in [2.45, 2.75) is 13.8 Å². The van der Waals surface area contributed by atoms with Crippen LogP contribution in [0.3, 0.4) is 0 Å². The molecule has 1 aromatic heterocycles. The standard InChI is InChI=1S/C22H25N3O4/c1-6-29-16-7-8-17-18(11-16)24-14(2)9-19(17)25-23-13-15-10-21(27-4)22(28-5)12-20(15)26-3/h7-13H,6H2,1-5H3,(H,24,25)/b23-13+. The Morgan fingerprint density at radius 3 is 2.38 bits per heavy atom. The number of pyridine rings is 1. The van der Waals surface area contributed by atoms with Gasteiger partial charge in [0.25, 0.3) is 0 Å². The second-order valence-electron chi connectivity index (χ2n) is 6.24. The number of rotatable bonds is 8. The van der Waals surface area contributed by atoms with E-state index in [0.717, 1.165) is 33.6 Å². The van der Waals surface area contributed by atoms with E-state index in [9.17, 15) is 0 Å². The smallest absolute Gasteiger partial charge is 0.164 e. The summed E-state index contributed by atoms with van der Waals surface area (Å²) in [6.07, 6.45) is 1.68. The lowest BCUT2D eigenvalue weighted by Crippen LogP contribution is -1.99. The zero-order chi connectivity index (χ0) is 20.8. The van der Waals surface area contributed by atoms with E-state index in [1.807, 2.05) is 44.2 Å². The number of nitrogens with one attached hydrogen (secondary N) is 1. The van der Waals surface area contributed by atoms with Gasteiger partial charge in [-0.05, 0) is 38.1 Å². The molecule has 1 N–H and O–H groups in total. The van der Waals surface area contributed by atoms with Gasteiger partial charge in [0.05, 0.1) is 45.4 Å². The van der Waals surface area contributed by atoms with Gasteiger partial charge in [0, 0.05) is 28.8 Å². The number of nitrogens with zero attached hydrogens (tertiary/aromatic N) is 2. The number of aromatic nitrogens is 1. The molecule has 0 aliphatic heterocycles. The summed E-state index contributed by atoms with van der Waals surface area (Å²) in [6.45, 7) is 4.51. The molecule has 2 aromatic carbocycles. The van der Waals surface area contributed by atoms with Gasteiger partial charge in [-0.2, -0.15) is 5.10 Å². The minimum absolute atomic E-state index is 0.593. The number of hydrogen-bond acceptors (Lipinski definition) is 7. The fourth-order valence-electron chi connectivity index (χ4n) is 3.01. The molecule has 7 nitrogen and oxygen atoms in total. The molecular formula is C22H25N3O4. The number of benzene rings is 2. The Balaban J connectivity index is 1.91. The lowest BCUT2D eigenvalue weighted by atomic mass is 10.1. The van der Waals surface area contributed by atoms with E-state index in [4.69, 9.17) is 18.9 Å². The molecule has 3 aromatic rings. The minimum Gasteiger partial charge on any atom is -0.496 e. The second-order valence-corrected chi connectivity index (χ2v) is 6.24. The number of fused-ring (bicyclic) bond motifs is 1. The summed E-state index contributed by atoms with van der Waals surface area (Å²) in [6, 6.07) is 11.4. The van der Waals surface area contributed by atoms with Crippen molar-refractivity contribution in [2.75, 3.05) is 33.4 Å². The Bertz CT molecular complexity index is 1030. The van der Waals surface area contributed by atoms with Gasteiger partial charge < -0.3 is 18.9 Å². The highest BCUT2D eigenvalue weighted by molar-refractivity contribution is 5.93. The molecule has 0 aliphatic carbocycles. The van der Waals surface area contributed by atoms with Crippen LogP contribution in [0.2, 0.25) is 0 Å². The van der Waals surface area contributed by atoms with Crippen LogP contribution in [0.25, 0.3) is 10.9 Å². The summed E-state index contributed by atoms with van der Waals surface area (Å²) in [4.78, 5) is 4.59. The minimum atomic E-state index is 0.593. The maximum atomic E-state index is 5.57. The van der Waals surface area contributed by atoms with Crippen LogP contribution in [0.5, 0.6) is 23.0 Å². The van der Waals surface area contributed by atoms with Crippen molar-refractivity contribution in [1.29, 1.82) is 0 Å². The van der Waals surface area contributed by atoms with Crippen molar-refractivity contribution < 1.29 is 18.9 Å². The molecule has 0 aliphatic rings. The molecule has 0 fully saturated rings. The van der Waals surface area contributed by atoms with Crippen molar-refractivity contribution in [3.05, 3.63) is 47.7 Å². The summed E-state index contributed by atoms with van der Waals surface area (Å²) < 4.78 is 21.7. The van der Waals surface area contributed by atoms with Gasteiger partial charge in [-0.15, -0.1) is 0 Å². The Hall–Kier alpha value is -3.48. The van der Waals surface area contributed by atoms with Crippen molar-refractivity contribution >= 4 is 22.8 Å². The van der Waals surface area contributed by atoms with E-state index in [1.54, 1.807) is 33.6 Å². The highest BCUT2D eigenvalue weighted by Gasteiger charge is 2.11. The molecule has 7 heteroatoms. The number of ether oxygens (including phenoxy) is 4.